The Kier molecular flexibility index (Phi) is 7.45. The van der Waals surface area contributed by atoms with Gasteiger partial charge in [-0.15, -0.1) is 0 Å². The topological polar surface area (TPSA) is 86.8 Å². The van der Waals surface area contributed by atoms with Crippen molar-refractivity contribution in [2.24, 2.45) is 5.92 Å². The molecule has 2 heterocycles. The van der Waals surface area contributed by atoms with E-state index in [0.29, 0.717) is 48.9 Å². The second-order valence-corrected chi connectivity index (χ2v) is 11.6. The summed E-state index contributed by atoms with van der Waals surface area (Å²) in [6.07, 6.45) is 2.94. The highest BCUT2D eigenvalue weighted by Crippen LogP contribution is 2.40. The van der Waals surface area contributed by atoms with Crippen molar-refractivity contribution in [3.63, 3.8) is 0 Å². The molecule has 1 saturated heterocycles. The number of nitrogens with zero attached hydrogens (tertiary/aromatic N) is 2. The van der Waals surface area contributed by atoms with Gasteiger partial charge in [0, 0.05) is 36.2 Å². The summed E-state index contributed by atoms with van der Waals surface area (Å²) in [5.74, 6) is -0.701. The number of piperidine rings is 1. The van der Waals surface area contributed by atoms with Crippen LogP contribution in [0.4, 0.5) is 11.4 Å². The van der Waals surface area contributed by atoms with Gasteiger partial charge in [-0.05, 0) is 55.0 Å². The fourth-order valence-corrected chi connectivity index (χ4v) is 7.25. The lowest BCUT2D eigenvalue weighted by atomic mass is 9.98. The number of nitrogens with one attached hydrogen (secondary N) is 1. The molecule has 4 rings (SSSR count). The van der Waals surface area contributed by atoms with E-state index in [0.717, 1.165) is 23.2 Å². The Labute approximate surface area is 209 Å². The number of hydrogen-bond donors (Lipinski definition) is 1. The van der Waals surface area contributed by atoms with Crippen LogP contribution >= 0.6 is 15.9 Å². The first-order valence-corrected chi connectivity index (χ1v) is 14.0. The zero-order valence-electron chi connectivity index (χ0n) is 19.5. The number of carbonyl (C=O) groups excluding carboxylic acids is 2. The molecule has 0 bridgehead atoms. The molecule has 2 aromatic carbocycles. The van der Waals surface area contributed by atoms with Crippen LogP contribution in [0, 0.1) is 5.92 Å². The monoisotopic (exact) mass is 547 g/mol. The van der Waals surface area contributed by atoms with Crippen molar-refractivity contribution < 1.29 is 18.0 Å². The number of carbonyl (C=O) groups is 2. The van der Waals surface area contributed by atoms with Crippen LogP contribution in [0.25, 0.3) is 0 Å². The van der Waals surface area contributed by atoms with Crippen LogP contribution in [-0.2, 0) is 32.5 Å². The lowest BCUT2D eigenvalue weighted by molar-refractivity contribution is -0.121. The van der Waals surface area contributed by atoms with Crippen LogP contribution in [0.5, 0.6) is 0 Å². The second kappa shape index (κ2) is 10.2. The number of fused-ring (bicyclic) bond motifs is 1. The van der Waals surface area contributed by atoms with Gasteiger partial charge in [0.1, 0.15) is 4.90 Å². The SMILES string of the molecule is CCC(=O)N1CCc2cc(Br)cc(S(=O)(=O)N3CCC[C@H](C(=O)Nc4ccccc4CC)C3)c21. The van der Waals surface area contributed by atoms with E-state index < -0.39 is 15.9 Å². The normalized spacial score (nSPS) is 18.6. The summed E-state index contributed by atoms with van der Waals surface area (Å²) in [6, 6.07) is 11.1. The van der Waals surface area contributed by atoms with Gasteiger partial charge < -0.3 is 10.2 Å². The Bertz CT molecular complexity index is 1210. The van der Waals surface area contributed by atoms with Gasteiger partial charge in [-0.1, -0.05) is 48.0 Å². The molecule has 1 N–H and O–H groups in total. The third-order valence-electron chi connectivity index (χ3n) is 6.63. The fraction of sp³-hybridized carbons (Fsp3) is 0.440. The maximum absolute atomic E-state index is 13.8. The predicted molar refractivity (Wildman–Crippen MR) is 136 cm³/mol. The van der Waals surface area contributed by atoms with Gasteiger partial charge in [-0.2, -0.15) is 4.31 Å². The maximum atomic E-state index is 13.8. The minimum absolute atomic E-state index is 0.0944. The van der Waals surface area contributed by atoms with Crippen LogP contribution in [-0.4, -0.2) is 44.2 Å². The van der Waals surface area contributed by atoms with Gasteiger partial charge in [-0.25, -0.2) is 8.42 Å². The fourth-order valence-electron chi connectivity index (χ4n) is 4.81. The lowest BCUT2D eigenvalue weighted by Crippen LogP contribution is -2.44. The van der Waals surface area contributed by atoms with Gasteiger partial charge in [0.2, 0.25) is 21.8 Å². The van der Waals surface area contributed by atoms with E-state index in [1.807, 2.05) is 37.3 Å². The molecule has 0 unspecified atom stereocenters. The summed E-state index contributed by atoms with van der Waals surface area (Å²) < 4.78 is 29.7. The summed E-state index contributed by atoms with van der Waals surface area (Å²) in [6.45, 7) is 4.75. The number of benzene rings is 2. The first-order valence-electron chi connectivity index (χ1n) is 11.8. The minimum atomic E-state index is -3.91. The molecule has 2 aliphatic heterocycles. The highest BCUT2D eigenvalue weighted by atomic mass is 79.9. The van der Waals surface area contributed by atoms with Gasteiger partial charge in [0.05, 0.1) is 11.6 Å². The number of aryl methyl sites for hydroxylation is 1. The Morgan fingerprint density at radius 3 is 2.65 bits per heavy atom. The quantitative estimate of drug-likeness (QED) is 0.582. The third kappa shape index (κ3) is 4.78. The third-order valence-corrected chi connectivity index (χ3v) is 8.96. The summed E-state index contributed by atoms with van der Waals surface area (Å²) in [4.78, 5) is 27.3. The molecule has 182 valence electrons. The lowest BCUT2D eigenvalue weighted by Gasteiger charge is -2.32. The zero-order valence-corrected chi connectivity index (χ0v) is 21.9. The summed E-state index contributed by atoms with van der Waals surface area (Å²) >= 11 is 3.44. The Morgan fingerprint density at radius 2 is 1.91 bits per heavy atom. The molecule has 1 atom stereocenters. The van der Waals surface area contributed by atoms with E-state index in [2.05, 4.69) is 21.2 Å². The number of rotatable bonds is 6. The number of para-hydroxylation sites is 1. The number of halogens is 1. The van der Waals surface area contributed by atoms with Crippen molar-refractivity contribution in [2.45, 2.75) is 50.8 Å². The van der Waals surface area contributed by atoms with E-state index in [1.165, 1.54) is 4.31 Å². The number of anilines is 2. The Hall–Kier alpha value is -2.23. The summed E-state index contributed by atoms with van der Waals surface area (Å²) in [7, 11) is -3.91. The van der Waals surface area contributed by atoms with Crippen LogP contribution in [0.1, 0.15) is 44.2 Å². The first kappa shape index (κ1) is 24.9. The Morgan fingerprint density at radius 1 is 1.15 bits per heavy atom. The van der Waals surface area contributed by atoms with Crippen molar-refractivity contribution >= 4 is 49.1 Å². The second-order valence-electron chi connectivity index (χ2n) is 8.76. The maximum Gasteiger partial charge on any atom is 0.245 e. The molecular weight excluding hydrogens is 518 g/mol. The van der Waals surface area contributed by atoms with Crippen molar-refractivity contribution in [1.29, 1.82) is 0 Å². The van der Waals surface area contributed by atoms with E-state index in [4.69, 9.17) is 0 Å². The van der Waals surface area contributed by atoms with E-state index >= 15 is 0 Å². The molecule has 0 saturated carbocycles. The van der Waals surface area contributed by atoms with E-state index in [1.54, 1.807) is 17.9 Å². The highest BCUT2D eigenvalue weighted by Gasteiger charge is 2.38. The van der Waals surface area contributed by atoms with Crippen molar-refractivity contribution in [1.82, 2.24) is 4.31 Å². The average Bonchev–Trinajstić information content (AvgIpc) is 3.27. The molecule has 2 aliphatic rings. The predicted octanol–water partition coefficient (Wildman–Crippen LogP) is 4.35. The summed E-state index contributed by atoms with van der Waals surface area (Å²) in [5.41, 5.74) is 3.14. The molecule has 0 aliphatic carbocycles. The molecule has 0 spiro atoms. The molecule has 0 aromatic heterocycles. The van der Waals surface area contributed by atoms with Crippen molar-refractivity contribution in [2.75, 3.05) is 29.9 Å². The van der Waals surface area contributed by atoms with Crippen LogP contribution in [0.15, 0.2) is 45.8 Å². The van der Waals surface area contributed by atoms with Crippen LogP contribution < -0.4 is 10.2 Å². The number of amides is 2. The number of hydrogen-bond acceptors (Lipinski definition) is 4. The standard InChI is InChI=1S/C25H30BrN3O4S/c1-3-17-8-5-6-10-21(17)27-25(31)19-9-7-12-28(16-19)34(32,33)22-15-20(26)14-18-11-13-29(24(18)22)23(30)4-2/h5-6,8,10,14-15,19H,3-4,7,9,11-13,16H2,1-2H3,(H,27,31)/t19-/m0/s1. The molecule has 34 heavy (non-hydrogen) atoms. The molecule has 9 heteroatoms. The first-order chi connectivity index (χ1) is 16.3. The molecule has 2 aromatic rings. The highest BCUT2D eigenvalue weighted by molar-refractivity contribution is 9.10. The Balaban J connectivity index is 1.60. The molecule has 0 radical (unpaired) electrons. The average molecular weight is 549 g/mol. The smallest absolute Gasteiger partial charge is 0.245 e. The minimum Gasteiger partial charge on any atom is -0.326 e. The van der Waals surface area contributed by atoms with Gasteiger partial charge >= 0.3 is 0 Å². The molecule has 2 amide bonds. The van der Waals surface area contributed by atoms with Gasteiger partial charge in [-0.3, -0.25) is 9.59 Å². The van der Waals surface area contributed by atoms with Crippen LogP contribution in [0.2, 0.25) is 0 Å². The molecular formula is C25H30BrN3O4S. The summed E-state index contributed by atoms with van der Waals surface area (Å²) in [5, 5.41) is 3.00. The molecule has 7 nitrogen and oxygen atoms in total. The van der Waals surface area contributed by atoms with E-state index in [-0.39, 0.29) is 23.3 Å². The van der Waals surface area contributed by atoms with Crippen molar-refractivity contribution in [3.05, 3.63) is 52.0 Å². The van der Waals surface area contributed by atoms with Gasteiger partial charge in [0.25, 0.3) is 0 Å². The van der Waals surface area contributed by atoms with Gasteiger partial charge in [0.15, 0.2) is 0 Å². The largest absolute Gasteiger partial charge is 0.326 e. The molecule has 1 fully saturated rings. The number of sulfonamides is 1. The van der Waals surface area contributed by atoms with Crippen LogP contribution in [0.3, 0.4) is 0 Å². The zero-order chi connectivity index (χ0) is 24.5. The van der Waals surface area contributed by atoms with Crippen molar-refractivity contribution in [3.8, 4) is 0 Å². The van der Waals surface area contributed by atoms with E-state index in [9.17, 15) is 18.0 Å².